The van der Waals surface area contributed by atoms with E-state index in [1.165, 1.54) is 0 Å². The van der Waals surface area contributed by atoms with E-state index >= 15 is 0 Å². The molecule has 0 saturated carbocycles. The quantitative estimate of drug-likeness (QED) is 0.469. The second-order valence-electron chi connectivity index (χ2n) is 7.75. The molecule has 2 aromatic carbocycles. The predicted molar refractivity (Wildman–Crippen MR) is 132 cm³/mol. The van der Waals surface area contributed by atoms with E-state index in [-0.39, 0.29) is 5.91 Å². The van der Waals surface area contributed by atoms with E-state index in [9.17, 15) is 13.2 Å². The molecule has 0 spiro atoms. The lowest BCUT2D eigenvalue weighted by atomic mass is 10.1. The molecular weight excluding hydrogens is 456 g/mol. The summed E-state index contributed by atoms with van der Waals surface area (Å²) in [5, 5.41) is 5.87. The number of anilines is 4. The van der Waals surface area contributed by atoms with Gasteiger partial charge in [-0.05, 0) is 36.4 Å². The fraction of sp³-hybridized carbons (Fsp3) is 0.261. The lowest BCUT2D eigenvalue weighted by Crippen LogP contribution is -2.37. The van der Waals surface area contributed by atoms with Gasteiger partial charge in [0.25, 0.3) is 5.91 Å². The third-order valence-corrected chi connectivity index (χ3v) is 5.82. The highest BCUT2D eigenvalue weighted by molar-refractivity contribution is 7.92. The Labute approximate surface area is 198 Å². The zero-order valence-electron chi connectivity index (χ0n) is 18.9. The van der Waals surface area contributed by atoms with Gasteiger partial charge in [0.2, 0.25) is 16.0 Å². The van der Waals surface area contributed by atoms with Crippen molar-refractivity contribution in [3.8, 4) is 11.3 Å². The lowest BCUT2D eigenvalue weighted by Gasteiger charge is -2.30. The first-order chi connectivity index (χ1) is 16.3. The Balaban J connectivity index is 1.56. The van der Waals surface area contributed by atoms with Gasteiger partial charge in [-0.3, -0.25) is 9.52 Å². The molecule has 1 aliphatic heterocycles. The molecule has 1 amide bonds. The molecule has 1 saturated heterocycles. The number of carbonyl (C=O) groups excluding carboxylic acids is 1. The first-order valence-electron chi connectivity index (χ1n) is 10.7. The van der Waals surface area contributed by atoms with E-state index in [1.54, 1.807) is 49.6 Å². The Morgan fingerprint density at radius 3 is 2.41 bits per heavy atom. The van der Waals surface area contributed by atoms with Gasteiger partial charge in [0.15, 0.2) is 0 Å². The van der Waals surface area contributed by atoms with Gasteiger partial charge in [-0.25, -0.2) is 18.4 Å². The van der Waals surface area contributed by atoms with Crippen LogP contribution in [-0.2, 0) is 14.8 Å². The van der Waals surface area contributed by atoms with Crippen LogP contribution in [0.2, 0.25) is 0 Å². The second kappa shape index (κ2) is 10.1. The van der Waals surface area contributed by atoms with E-state index < -0.39 is 10.0 Å². The normalized spacial score (nSPS) is 13.9. The molecule has 1 aliphatic rings. The highest BCUT2D eigenvalue weighted by Crippen LogP contribution is 2.27. The predicted octanol–water partition coefficient (Wildman–Crippen LogP) is 2.45. The third kappa shape index (κ3) is 5.80. The summed E-state index contributed by atoms with van der Waals surface area (Å²) < 4.78 is 30.7. The molecule has 0 unspecified atom stereocenters. The summed E-state index contributed by atoms with van der Waals surface area (Å²) in [7, 11) is -1.74. The number of nitrogens with zero attached hydrogens (tertiary/aromatic N) is 3. The fourth-order valence-electron chi connectivity index (χ4n) is 3.64. The second-order valence-corrected chi connectivity index (χ2v) is 9.50. The molecule has 1 fully saturated rings. The van der Waals surface area contributed by atoms with Crippen molar-refractivity contribution >= 4 is 38.9 Å². The van der Waals surface area contributed by atoms with Crippen LogP contribution in [0.5, 0.6) is 0 Å². The summed E-state index contributed by atoms with van der Waals surface area (Å²) in [6.07, 6.45) is 2.74. The monoisotopic (exact) mass is 482 g/mol. The standard InChI is InChI=1S/C23H26N6O4S/c1-24-22(30)19-15-18(7-8-21(19)29-11-13-33-14-12-29)26-23-25-10-9-20(27-23)16-3-5-17(6-4-16)28-34(2,31)32/h3-10,15,28H,11-14H2,1-2H3,(H,24,30)(H,25,26,27). The summed E-state index contributed by atoms with van der Waals surface area (Å²) in [5.41, 5.74) is 4.03. The highest BCUT2D eigenvalue weighted by atomic mass is 32.2. The number of morpholine rings is 1. The molecule has 0 bridgehead atoms. The minimum Gasteiger partial charge on any atom is -0.378 e. The Morgan fingerprint density at radius 1 is 1.03 bits per heavy atom. The molecule has 3 aromatic rings. The summed E-state index contributed by atoms with van der Waals surface area (Å²) in [6, 6.07) is 14.2. The van der Waals surface area contributed by atoms with Crippen LogP contribution < -0.4 is 20.3 Å². The van der Waals surface area contributed by atoms with E-state index in [0.29, 0.717) is 41.8 Å². The van der Waals surface area contributed by atoms with Gasteiger partial charge in [0.1, 0.15) is 0 Å². The van der Waals surface area contributed by atoms with Crippen molar-refractivity contribution in [1.29, 1.82) is 0 Å². The number of sulfonamides is 1. The molecule has 178 valence electrons. The van der Waals surface area contributed by atoms with Gasteiger partial charge in [-0.2, -0.15) is 0 Å². The van der Waals surface area contributed by atoms with Crippen molar-refractivity contribution in [3.63, 3.8) is 0 Å². The molecule has 3 N–H and O–H groups in total. The van der Waals surface area contributed by atoms with Crippen LogP contribution in [0.15, 0.2) is 54.7 Å². The van der Waals surface area contributed by atoms with Crippen LogP contribution in [0.25, 0.3) is 11.3 Å². The molecule has 11 heteroatoms. The molecule has 0 atom stereocenters. The molecule has 1 aromatic heterocycles. The van der Waals surface area contributed by atoms with E-state index in [4.69, 9.17) is 4.74 Å². The minimum atomic E-state index is -3.34. The van der Waals surface area contributed by atoms with Crippen molar-refractivity contribution < 1.29 is 17.9 Å². The Morgan fingerprint density at radius 2 is 1.74 bits per heavy atom. The minimum absolute atomic E-state index is 0.178. The summed E-state index contributed by atoms with van der Waals surface area (Å²) in [5.74, 6) is 0.195. The first-order valence-corrected chi connectivity index (χ1v) is 12.6. The molecule has 0 aliphatic carbocycles. The Hall–Kier alpha value is -3.70. The van der Waals surface area contributed by atoms with E-state index in [0.717, 1.165) is 30.6 Å². The smallest absolute Gasteiger partial charge is 0.253 e. The number of rotatable bonds is 7. The van der Waals surface area contributed by atoms with Crippen LogP contribution in [0.1, 0.15) is 10.4 Å². The Kier molecular flexibility index (Phi) is 6.94. The van der Waals surface area contributed by atoms with E-state index in [1.807, 2.05) is 12.1 Å². The largest absolute Gasteiger partial charge is 0.378 e. The number of ether oxygens (including phenoxy) is 1. The SMILES string of the molecule is CNC(=O)c1cc(Nc2nccc(-c3ccc(NS(C)(=O)=O)cc3)n2)ccc1N1CCOCC1. The van der Waals surface area contributed by atoms with Gasteiger partial charge in [-0.15, -0.1) is 0 Å². The topological polar surface area (TPSA) is 126 Å². The van der Waals surface area contributed by atoms with Crippen molar-refractivity contribution in [2.45, 2.75) is 0 Å². The number of nitrogens with one attached hydrogen (secondary N) is 3. The summed E-state index contributed by atoms with van der Waals surface area (Å²) in [4.78, 5) is 23.6. The number of hydrogen-bond acceptors (Lipinski definition) is 8. The molecule has 4 rings (SSSR count). The van der Waals surface area contributed by atoms with Gasteiger partial charge in [0.05, 0.1) is 30.7 Å². The lowest BCUT2D eigenvalue weighted by molar-refractivity contribution is 0.0961. The van der Waals surface area contributed by atoms with Crippen molar-refractivity contribution in [2.75, 3.05) is 54.5 Å². The average molecular weight is 483 g/mol. The Bertz CT molecular complexity index is 1270. The van der Waals surface area contributed by atoms with E-state index in [2.05, 4.69) is 30.2 Å². The number of benzene rings is 2. The summed E-state index contributed by atoms with van der Waals surface area (Å²) >= 11 is 0. The van der Waals surface area contributed by atoms with Gasteiger partial charge >= 0.3 is 0 Å². The van der Waals surface area contributed by atoms with Crippen LogP contribution in [0.3, 0.4) is 0 Å². The number of aromatic nitrogens is 2. The summed E-state index contributed by atoms with van der Waals surface area (Å²) in [6.45, 7) is 2.69. The maximum absolute atomic E-state index is 12.6. The zero-order chi connectivity index (χ0) is 24.1. The van der Waals surface area contributed by atoms with Gasteiger partial charge < -0.3 is 20.3 Å². The third-order valence-electron chi connectivity index (χ3n) is 5.22. The average Bonchev–Trinajstić information content (AvgIpc) is 2.84. The molecule has 2 heterocycles. The van der Waals surface area contributed by atoms with Crippen molar-refractivity contribution in [2.24, 2.45) is 0 Å². The molecule has 34 heavy (non-hydrogen) atoms. The zero-order valence-corrected chi connectivity index (χ0v) is 19.7. The van der Waals surface area contributed by atoms with Crippen LogP contribution in [-0.4, -0.2) is 63.9 Å². The van der Waals surface area contributed by atoms with Gasteiger partial charge in [-0.1, -0.05) is 12.1 Å². The maximum atomic E-state index is 12.6. The highest BCUT2D eigenvalue weighted by Gasteiger charge is 2.19. The number of hydrogen-bond donors (Lipinski definition) is 3. The number of amides is 1. The van der Waals surface area contributed by atoms with Crippen LogP contribution >= 0.6 is 0 Å². The fourth-order valence-corrected chi connectivity index (χ4v) is 4.21. The van der Waals surface area contributed by atoms with Crippen molar-refractivity contribution in [1.82, 2.24) is 15.3 Å². The molecule has 0 radical (unpaired) electrons. The maximum Gasteiger partial charge on any atom is 0.253 e. The van der Waals surface area contributed by atoms with Crippen molar-refractivity contribution in [3.05, 3.63) is 60.3 Å². The molecule has 10 nitrogen and oxygen atoms in total. The van der Waals surface area contributed by atoms with Gasteiger partial charge in [0, 0.05) is 49.0 Å². The number of carbonyl (C=O) groups is 1. The first kappa shape index (κ1) is 23.5. The molecular formula is C23H26N6O4S. The van der Waals surface area contributed by atoms with Crippen LogP contribution in [0, 0.1) is 0 Å². The van der Waals surface area contributed by atoms with Crippen LogP contribution in [0.4, 0.5) is 23.0 Å².